The molecule has 0 radical (unpaired) electrons. The van der Waals surface area contributed by atoms with Crippen molar-refractivity contribution < 1.29 is 14.4 Å². The number of carbonyl (C=O) groups excluding carboxylic acids is 3. The number of para-hydroxylation sites is 1. The van der Waals surface area contributed by atoms with E-state index in [9.17, 15) is 14.4 Å². The zero-order chi connectivity index (χ0) is 19.7. The molecule has 2 aromatic rings. The van der Waals surface area contributed by atoms with Gasteiger partial charge < -0.3 is 10.2 Å². The van der Waals surface area contributed by atoms with Crippen LogP contribution in [0.3, 0.4) is 0 Å². The monoisotopic (exact) mass is 395 g/mol. The molecule has 0 atom stereocenters. The van der Waals surface area contributed by atoms with Gasteiger partial charge in [0.05, 0.1) is 5.69 Å². The van der Waals surface area contributed by atoms with E-state index in [0.29, 0.717) is 16.9 Å². The molecule has 2 aliphatic heterocycles. The summed E-state index contributed by atoms with van der Waals surface area (Å²) in [5.41, 5.74) is 1.50. The van der Waals surface area contributed by atoms with Crippen LogP contribution in [-0.4, -0.2) is 35.7 Å². The average Bonchev–Trinajstić information content (AvgIpc) is 3.32. The highest BCUT2D eigenvalue weighted by atomic mass is 35.5. The SMILES string of the molecule is O=C(c1cccc(NC2=C(Cl)C(=O)N(c3ccccc3)C2=O)c1)N1CCCC1. The smallest absolute Gasteiger partial charge is 0.283 e. The number of amides is 3. The third kappa shape index (κ3) is 3.27. The molecule has 142 valence electrons. The number of hydrogen-bond acceptors (Lipinski definition) is 4. The van der Waals surface area contributed by atoms with Crippen molar-refractivity contribution in [2.45, 2.75) is 12.8 Å². The maximum absolute atomic E-state index is 12.8. The molecule has 0 aliphatic carbocycles. The minimum absolute atomic E-state index is 0.00120. The van der Waals surface area contributed by atoms with Crippen molar-refractivity contribution in [3.05, 3.63) is 70.9 Å². The van der Waals surface area contributed by atoms with Crippen LogP contribution in [0.4, 0.5) is 11.4 Å². The lowest BCUT2D eigenvalue weighted by Gasteiger charge is -2.16. The number of nitrogens with zero attached hydrogens (tertiary/aromatic N) is 2. The van der Waals surface area contributed by atoms with Crippen LogP contribution in [0, 0.1) is 0 Å². The molecule has 0 saturated carbocycles. The van der Waals surface area contributed by atoms with Gasteiger partial charge in [0, 0.05) is 24.3 Å². The number of carbonyl (C=O) groups is 3. The molecule has 28 heavy (non-hydrogen) atoms. The largest absolute Gasteiger partial charge is 0.350 e. The van der Waals surface area contributed by atoms with Crippen LogP contribution < -0.4 is 10.2 Å². The summed E-state index contributed by atoms with van der Waals surface area (Å²) >= 11 is 6.15. The number of likely N-dealkylation sites (tertiary alicyclic amines) is 1. The Morgan fingerprint density at radius 3 is 2.36 bits per heavy atom. The van der Waals surface area contributed by atoms with Gasteiger partial charge in [-0.25, -0.2) is 4.90 Å². The van der Waals surface area contributed by atoms with Gasteiger partial charge in [-0.2, -0.15) is 0 Å². The quantitative estimate of drug-likeness (QED) is 0.806. The molecule has 2 aliphatic rings. The van der Waals surface area contributed by atoms with Crippen LogP contribution >= 0.6 is 11.6 Å². The molecule has 7 heteroatoms. The van der Waals surface area contributed by atoms with Crippen LogP contribution in [0.5, 0.6) is 0 Å². The van der Waals surface area contributed by atoms with E-state index in [0.717, 1.165) is 30.8 Å². The Bertz CT molecular complexity index is 981. The van der Waals surface area contributed by atoms with E-state index in [1.807, 2.05) is 4.90 Å². The first-order valence-electron chi connectivity index (χ1n) is 9.06. The molecule has 1 saturated heterocycles. The number of halogens is 1. The fraction of sp³-hybridized carbons (Fsp3) is 0.190. The highest BCUT2D eigenvalue weighted by Crippen LogP contribution is 2.30. The minimum Gasteiger partial charge on any atom is -0.350 e. The second-order valence-corrected chi connectivity index (χ2v) is 7.05. The molecule has 2 aromatic carbocycles. The van der Waals surface area contributed by atoms with E-state index in [4.69, 9.17) is 11.6 Å². The number of imide groups is 1. The van der Waals surface area contributed by atoms with Gasteiger partial charge in [0.15, 0.2) is 0 Å². The van der Waals surface area contributed by atoms with Crippen molar-refractivity contribution in [3.63, 3.8) is 0 Å². The Labute approximate surface area is 167 Å². The first kappa shape index (κ1) is 18.3. The van der Waals surface area contributed by atoms with Gasteiger partial charge in [-0.15, -0.1) is 0 Å². The van der Waals surface area contributed by atoms with E-state index in [1.165, 1.54) is 0 Å². The Kier molecular flexibility index (Phi) is 4.88. The summed E-state index contributed by atoms with van der Waals surface area (Å²) < 4.78 is 0. The summed E-state index contributed by atoms with van der Waals surface area (Å²) in [7, 11) is 0. The summed E-state index contributed by atoms with van der Waals surface area (Å²) in [6.45, 7) is 1.51. The van der Waals surface area contributed by atoms with Gasteiger partial charge in [0.2, 0.25) is 0 Å². The van der Waals surface area contributed by atoms with E-state index in [1.54, 1.807) is 54.6 Å². The molecule has 0 spiro atoms. The van der Waals surface area contributed by atoms with E-state index >= 15 is 0 Å². The maximum Gasteiger partial charge on any atom is 0.283 e. The molecule has 4 rings (SSSR count). The Balaban J connectivity index is 1.57. The zero-order valence-electron chi connectivity index (χ0n) is 15.0. The van der Waals surface area contributed by atoms with Crippen LogP contribution in [0.1, 0.15) is 23.2 Å². The van der Waals surface area contributed by atoms with Crippen molar-refractivity contribution in [2.75, 3.05) is 23.3 Å². The van der Waals surface area contributed by atoms with Gasteiger partial charge in [-0.05, 0) is 43.2 Å². The van der Waals surface area contributed by atoms with Gasteiger partial charge >= 0.3 is 0 Å². The average molecular weight is 396 g/mol. The van der Waals surface area contributed by atoms with Gasteiger partial charge in [-0.1, -0.05) is 35.9 Å². The van der Waals surface area contributed by atoms with Crippen molar-refractivity contribution in [2.24, 2.45) is 0 Å². The lowest BCUT2D eigenvalue weighted by Crippen LogP contribution is -2.32. The standard InChI is InChI=1S/C21H18ClN3O3/c22-17-18(21(28)25(20(17)27)16-9-2-1-3-10-16)23-15-8-6-7-14(13-15)19(26)24-11-4-5-12-24/h1-3,6-10,13,23H,4-5,11-12H2. The zero-order valence-corrected chi connectivity index (χ0v) is 15.8. The molecule has 1 fully saturated rings. The van der Waals surface area contributed by atoms with Crippen molar-refractivity contribution >= 4 is 40.7 Å². The number of benzene rings is 2. The van der Waals surface area contributed by atoms with Crippen LogP contribution in [-0.2, 0) is 9.59 Å². The lowest BCUT2D eigenvalue weighted by molar-refractivity contribution is -0.120. The molecule has 2 heterocycles. The van der Waals surface area contributed by atoms with E-state index in [2.05, 4.69) is 5.32 Å². The Morgan fingerprint density at radius 1 is 0.929 bits per heavy atom. The first-order chi connectivity index (χ1) is 13.6. The Morgan fingerprint density at radius 2 is 1.64 bits per heavy atom. The Hall–Kier alpha value is -3.12. The van der Waals surface area contributed by atoms with Gasteiger partial charge in [0.1, 0.15) is 10.7 Å². The number of hydrogen-bond donors (Lipinski definition) is 1. The molecule has 3 amide bonds. The number of rotatable bonds is 4. The summed E-state index contributed by atoms with van der Waals surface area (Å²) in [6.07, 6.45) is 2.02. The molecule has 0 bridgehead atoms. The fourth-order valence-electron chi connectivity index (χ4n) is 3.40. The van der Waals surface area contributed by atoms with Crippen molar-refractivity contribution in [3.8, 4) is 0 Å². The predicted molar refractivity (Wildman–Crippen MR) is 107 cm³/mol. The third-order valence-electron chi connectivity index (χ3n) is 4.81. The summed E-state index contributed by atoms with van der Waals surface area (Å²) in [6, 6.07) is 15.5. The van der Waals surface area contributed by atoms with Crippen LogP contribution in [0.2, 0.25) is 0 Å². The summed E-state index contributed by atoms with van der Waals surface area (Å²) in [4.78, 5) is 40.7. The topological polar surface area (TPSA) is 69.7 Å². The van der Waals surface area contributed by atoms with Gasteiger partial charge in [0.25, 0.3) is 17.7 Å². The third-order valence-corrected chi connectivity index (χ3v) is 5.16. The second kappa shape index (κ2) is 7.48. The number of anilines is 2. The molecule has 0 unspecified atom stereocenters. The van der Waals surface area contributed by atoms with Crippen molar-refractivity contribution in [1.29, 1.82) is 0 Å². The van der Waals surface area contributed by atoms with E-state index < -0.39 is 11.8 Å². The molecular formula is C21H18ClN3O3. The fourth-order valence-corrected chi connectivity index (χ4v) is 3.61. The first-order valence-corrected chi connectivity index (χ1v) is 9.44. The maximum atomic E-state index is 12.8. The lowest BCUT2D eigenvalue weighted by atomic mass is 10.1. The number of nitrogens with one attached hydrogen (secondary N) is 1. The predicted octanol–water partition coefficient (Wildman–Crippen LogP) is 3.36. The summed E-state index contributed by atoms with van der Waals surface area (Å²) in [5, 5.41) is 2.75. The van der Waals surface area contributed by atoms with Gasteiger partial charge in [-0.3, -0.25) is 14.4 Å². The molecule has 0 aromatic heterocycles. The second-order valence-electron chi connectivity index (χ2n) is 6.68. The molecule has 1 N–H and O–H groups in total. The highest BCUT2D eigenvalue weighted by Gasteiger charge is 2.38. The van der Waals surface area contributed by atoms with E-state index in [-0.39, 0.29) is 16.6 Å². The van der Waals surface area contributed by atoms with Crippen LogP contribution in [0.25, 0.3) is 0 Å². The van der Waals surface area contributed by atoms with Crippen molar-refractivity contribution in [1.82, 2.24) is 4.90 Å². The normalized spacial score (nSPS) is 16.9. The minimum atomic E-state index is -0.579. The summed E-state index contributed by atoms with van der Waals surface area (Å²) in [5.74, 6) is -1.15. The van der Waals surface area contributed by atoms with Crippen LogP contribution in [0.15, 0.2) is 65.3 Å². The molecular weight excluding hydrogens is 378 g/mol. The highest BCUT2D eigenvalue weighted by molar-refractivity contribution is 6.53. The molecule has 6 nitrogen and oxygen atoms in total.